The van der Waals surface area contributed by atoms with E-state index in [-0.39, 0.29) is 23.6 Å². The van der Waals surface area contributed by atoms with Crippen molar-refractivity contribution >= 4 is 17.7 Å². The molecule has 3 aliphatic rings. The third kappa shape index (κ3) is 4.35. The molecule has 5 rings (SSSR count). The van der Waals surface area contributed by atoms with Crippen LogP contribution in [0.1, 0.15) is 63.9 Å². The molecule has 0 aromatic heterocycles. The van der Waals surface area contributed by atoms with Gasteiger partial charge in [-0.15, -0.1) is 0 Å². The lowest BCUT2D eigenvalue weighted by atomic mass is 10.0. The van der Waals surface area contributed by atoms with Crippen molar-refractivity contribution < 1.29 is 19.1 Å². The molecule has 2 aromatic rings. The zero-order chi connectivity index (χ0) is 23.7. The van der Waals surface area contributed by atoms with E-state index in [9.17, 15) is 14.4 Å². The second-order valence-corrected chi connectivity index (χ2v) is 9.25. The largest absolute Gasteiger partial charge is 0.488 e. The first-order valence-corrected chi connectivity index (χ1v) is 11.9. The number of imide groups is 1. The number of benzene rings is 2. The number of nitrogens with zero attached hydrogens (tertiary/aromatic N) is 2. The molecule has 0 spiro atoms. The predicted molar refractivity (Wildman–Crippen MR) is 127 cm³/mol. The summed E-state index contributed by atoms with van der Waals surface area (Å²) in [5.41, 5.74) is 3.36. The fourth-order valence-corrected chi connectivity index (χ4v) is 4.96. The molecule has 2 saturated heterocycles. The van der Waals surface area contributed by atoms with Gasteiger partial charge in [0.2, 0.25) is 5.91 Å². The summed E-state index contributed by atoms with van der Waals surface area (Å²) in [5, 5.41) is 2.65. The van der Waals surface area contributed by atoms with Crippen molar-refractivity contribution in [3.05, 3.63) is 77.0 Å². The minimum absolute atomic E-state index is 0.228. The van der Waals surface area contributed by atoms with Gasteiger partial charge in [0, 0.05) is 12.2 Å². The van der Waals surface area contributed by atoms with Gasteiger partial charge in [-0.25, -0.2) is 0 Å². The van der Waals surface area contributed by atoms with Crippen molar-refractivity contribution in [3.63, 3.8) is 0 Å². The van der Waals surface area contributed by atoms with Crippen molar-refractivity contribution in [2.45, 2.75) is 51.3 Å². The standard InChI is InChI=1S/C27H29N3O4/c1-18-8-13-22(25(31)28-18)30-26(32)21-6-5-7-23(24(21)27(30)33)34-17-20-11-9-19(10-12-20)16-29-14-3-2-4-15-29/h5-7,9-12,22H,1-4,8,13-17H2,(H,28,31). The number of carbonyl (C=O) groups excluding carboxylic acids is 3. The first-order chi connectivity index (χ1) is 16.5. The maximum atomic E-state index is 13.2. The first kappa shape index (κ1) is 22.3. The number of fused-ring (bicyclic) bond motifs is 1. The van der Waals surface area contributed by atoms with E-state index in [0.29, 0.717) is 24.3 Å². The average Bonchev–Trinajstić information content (AvgIpc) is 3.10. The molecule has 3 aliphatic heterocycles. The lowest BCUT2D eigenvalue weighted by Gasteiger charge is -2.29. The quantitative estimate of drug-likeness (QED) is 0.668. The van der Waals surface area contributed by atoms with Crippen LogP contribution in [0.2, 0.25) is 0 Å². The maximum absolute atomic E-state index is 13.2. The second-order valence-electron chi connectivity index (χ2n) is 9.25. The summed E-state index contributed by atoms with van der Waals surface area (Å²) in [4.78, 5) is 42.2. The first-order valence-electron chi connectivity index (χ1n) is 11.9. The van der Waals surface area contributed by atoms with Gasteiger partial charge in [0.15, 0.2) is 0 Å². The fraction of sp³-hybridized carbons (Fsp3) is 0.370. The number of piperidine rings is 2. The second kappa shape index (κ2) is 9.43. The number of rotatable bonds is 6. The van der Waals surface area contributed by atoms with Crippen LogP contribution in [0.15, 0.2) is 54.7 Å². The molecule has 7 nitrogen and oxygen atoms in total. The van der Waals surface area contributed by atoms with Gasteiger partial charge >= 0.3 is 0 Å². The predicted octanol–water partition coefficient (Wildman–Crippen LogP) is 3.64. The van der Waals surface area contributed by atoms with Gasteiger partial charge < -0.3 is 10.1 Å². The highest BCUT2D eigenvalue weighted by Crippen LogP contribution is 2.34. The maximum Gasteiger partial charge on any atom is 0.266 e. The average molecular weight is 460 g/mol. The summed E-state index contributed by atoms with van der Waals surface area (Å²) in [6.45, 7) is 7.32. The SMILES string of the molecule is C=C1CCC(N2C(=O)c3cccc(OCc4ccc(CN5CCCCC5)cc4)c3C2=O)C(=O)N1. The van der Waals surface area contributed by atoms with E-state index in [4.69, 9.17) is 4.74 Å². The van der Waals surface area contributed by atoms with E-state index in [2.05, 4.69) is 28.9 Å². The van der Waals surface area contributed by atoms with Crippen LogP contribution < -0.4 is 10.1 Å². The summed E-state index contributed by atoms with van der Waals surface area (Å²) < 4.78 is 6.00. The number of hydrogen-bond donors (Lipinski definition) is 1. The Morgan fingerprint density at radius 1 is 0.941 bits per heavy atom. The lowest BCUT2D eigenvalue weighted by Crippen LogP contribution is -2.51. The van der Waals surface area contributed by atoms with Crippen LogP contribution in [0.3, 0.4) is 0 Å². The Morgan fingerprint density at radius 2 is 1.68 bits per heavy atom. The van der Waals surface area contributed by atoms with Gasteiger partial charge in [-0.3, -0.25) is 24.2 Å². The summed E-state index contributed by atoms with van der Waals surface area (Å²) in [6.07, 6.45) is 4.77. The smallest absolute Gasteiger partial charge is 0.266 e. The summed E-state index contributed by atoms with van der Waals surface area (Å²) >= 11 is 0. The molecule has 1 unspecified atom stereocenters. The van der Waals surface area contributed by atoms with Gasteiger partial charge in [0.1, 0.15) is 18.4 Å². The number of ether oxygens (including phenoxy) is 1. The Morgan fingerprint density at radius 3 is 2.41 bits per heavy atom. The number of allylic oxidation sites excluding steroid dienone is 1. The molecule has 3 amide bonds. The Balaban J connectivity index is 1.27. The molecule has 0 radical (unpaired) electrons. The number of hydrogen-bond acceptors (Lipinski definition) is 5. The van der Waals surface area contributed by atoms with Crippen LogP contribution in [0.25, 0.3) is 0 Å². The third-order valence-corrected chi connectivity index (χ3v) is 6.81. The summed E-state index contributed by atoms with van der Waals surface area (Å²) in [6, 6.07) is 12.5. The molecule has 2 fully saturated rings. The van der Waals surface area contributed by atoms with Gasteiger partial charge in [-0.1, -0.05) is 43.3 Å². The van der Waals surface area contributed by atoms with Crippen LogP contribution in [0, 0.1) is 0 Å². The number of amides is 3. The number of carbonyl (C=O) groups is 3. The van der Waals surface area contributed by atoms with Crippen LogP contribution in [-0.4, -0.2) is 46.7 Å². The summed E-state index contributed by atoms with van der Waals surface area (Å²) in [5.74, 6) is -0.963. The fourth-order valence-electron chi connectivity index (χ4n) is 4.96. The molecule has 34 heavy (non-hydrogen) atoms. The molecule has 0 saturated carbocycles. The lowest BCUT2D eigenvalue weighted by molar-refractivity contribution is -0.125. The normalized spacial score (nSPS) is 20.9. The van der Waals surface area contributed by atoms with E-state index in [0.717, 1.165) is 30.1 Å². The van der Waals surface area contributed by atoms with Gasteiger partial charge in [-0.2, -0.15) is 0 Å². The molecule has 1 atom stereocenters. The van der Waals surface area contributed by atoms with E-state index >= 15 is 0 Å². The molecule has 0 bridgehead atoms. The van der Waals surface area contributed by atoms with Crippen LogP contribution in [0.4, 0.5) is 0 Å². The molecule has 7 heteroatoms. The molecule has 176 valence electrons. The zero-order valence-corrected chi connectivity index (χ0v) is 19.2. The van der Waals surface area contributed by atoms with Crippen molar-refractivity contribution in [2.24, 2.45) is 0 Å². The minimum Gasteiger partial charge on any atom is -0.488 e. The van der Waals surface area contributed by atoms with Gasteiger partial charge in [0.05, 0.1) is 11.1 Å². The molecule has 3 heterocycles. The minimum atomic E-state index is -0.835. The molecule has 1 N–H and O–H groups in total. The van der Waals surface area contributed by atoms with Crippen LogP contribution in [0.5, 0.6) is 5.75 Å². The van der Waals surface area contributed by atoms with Crippen molar-refractivity contribution in [2.75, 3.05) is 13.1 Å². The van der Waals surface area contributed by atoms with E-state index in [1.54, 1.807) is 18.2 Å². The zero-order valence-electron chi connectivity index (χ0n) is 19.2. The van der Waals surface area contributed by atoms with Crippen molar-refractivity contribution in [1.29, 1.82) is 0 Å². The number of likely N-dealkylation sites (tertiary alicyclic amines) is 1. The van der Waals surface area contributed by atoms with Gasteiger partial charge in [-0.05, 0) is 62.0 Å². The van der Waals surface area contributed by atoms with E-state index in [1.807, 2.05) is 12.1 Å². The van der Waals surface area contributed by atoms with E-state index in [1.165, 1.54) is 24.8 Å². The summed E-state index contributed by atoms with van der Waals surface area (Å²) in [7, 11) is 0. The molecule has 2 aromatic carbocycles. The van der Waals surface area contributed by atoms with Gasteiger partial charge in [0.25, 0.3) is 11.8 Å². The third-order valence-electron chi connectivity index (χ3n) is 6.81. The highest BCUT2D eigenvalue weighted by atomic mass is 16.5. The Labute approximate surface area is 199 Å². The highest BCUT2D eigenvalue weighted by Gasteiger charge is 2.45. The Bertz CT molecular complexity index is 1140. The van der Waals surface area contributed by atoms with Crippen molar-refractivity contribution in [1.82, 2.24) is 15.1 Å². The van der Waals surface area contributed by atoms with Crippen LogP contribution in [-0.2, 0) is 17.9 Å². The number of nitrogens with one attached hydrogen (secondary N) is 1. The topological polar surface area (TPSA) is 79.0 Å². The Kier molecular flexibility index (Phi) is 6.20. The van der Waals surface area contributed by atoms with Crippen LogP contribution >= 0.6 is 0 Å². The Hall–Kier alpha value is -3.45. The van der Waals surface area contributed by atoms with E-state index < -0.39 is 17.9 Å². The monoisotopic (exact) mass is 459 g/mol. The van der Waals surface area contributed by atoms with Crippen molar-refractivity contribution in [3.8, 4) is 5.75 Å². The highest BCUT2D eigenvalue weighted by molar-refractivity contribution is 6.24. The molecule has 0 aliphatic carbocycles. The molecular formula is C27H29N3O4. The molecular weight excluding hydrogens is 430 g/mol.